The Labute approximate surface area is 172 Å². The van der Waals surface area contributed by atoms with E-state index in [9.17, 15) is 30.0 Å². The maximum atomic E-state index is 12.0. The number of rotatable bonds is 8. The van der Waals surface area contributed by atoms with E-state index in [4.69, 9.17) is 19.3 Å². The van der Waals surface area contributed by atoms with Gasteiger partial charge >= 0.3 is 11.9 Å². The quantitative estimate of drug-likeness (QED) is 0.245. The summed E-state index contributed by atoms with van der Waals surface area (Å²) in [6.45, 7) is 1.94. The second-order valence-corrected chi connectivity index (χ2v) is 6.52. The summed E-state index contributed by atoms with van der Waals surface area (Å²) < 4.78 is 15.1. The minimum Gasteiger partial charge on any atom is -0.459 e. The number of aliphatic hydroxyl groups excluding tert-OH is 5. The number of carbonyl (C=O) groups is 2. The van der Waals surface area contributed by atoms with E-state index in [0.29, 0.717) is 0 Å². The average Bonchev–Trinajstić information content (AvgIpc) is 2.76. The smallest absolute Gasteiger partial charge is 0.336 e. The van der Waals surface area contributed by atoms with E-state index in [1.165, 1.54) is 6.08 Å². The minimum absolute atomic E-state index is 0.419. The second-order valence-electron chi connectivity index (χ2n) is 6.52. The molecule has 10 heteroatoms. The number of esters is 2. The largest absolute Gasteiger partial charge is 0.459 e. The normalized spacial score (nSPS) is 27.4. The molecule has 30 heavy (non-hydrogen) atoms. The van der Waals surface area contributed by atoms with E-state index in [1.807, 2.05) is 0 Å². The molecule has 0 aromatic heterocycles. The molecule has 1 aromatic rings. The number of carbonyl (C=O) groups excluding carboxylic acids is 2. The van der Waals surface area contributed by atoms with Crippen molar-refractivity contribution in [2.75, 3.05) is 13.2 Å². The lowest BCUT2D eigenvalue weighted by atomic mass is 9.99. The number of aliphatic hydroxyl groups is 5. The first-order valence-corrected chi connectivity index (χ1v) is 9.02. The van der Waals surface area contributed by atoms with Crippen LogP contribution in [-0.2, 0) is 23.8 Å². The molecule has 0 spiro atoms. The lowest BCUT2D eigenvalue weighted by Gasteiger charge is -2.39. The van der Waals surface area contributed by atoms with Crippen molar-refractivity contribution >= 4 is 18.0 Å². The van der Waals surface area contributed by atoms with Gasteiger partial charge < -0.3 is 39.7 Å². The third-order valence-corrected chi connectivity index (χ3v) is 4.33. The Bertz CT molecular complexity index is 762. The summed E-state index contributed by atoms with van der Waals surface area (Å²) in [6.07, 6.45) is -7.07. The van der Waals surface area contributed by atoms with Crippen LogP contribution in [-0.4, -0.2) is 87.5 Å². The number of ether oxygens (including phenoxy) is 3. The summed E-state index contributed by atoms with van der Waals surface area (Å²) in [4.78, 5) is 23.8. The van der Waals surface area contributed by atoms with Crippen LogP contribution in [0.5, 0.6) is 0 Å². The van der Waals surface area contributed by atoms with E-state index in [1.54, 1.807) is 30.3 Å². The Balaban J connectivity index is 1.96. The molecular formula is C20H24O10. The van der Waals surface area contributed by atoms with Crippen molar-refractivity contribution < 1.29 is 49.3 Å². The van der Waals surface area contributed by atoms with Gasteiger partial charge in [0.05, 0.1) is 12.2 Å². The summed E-state index contributed by atoms with van der Waals surface area (Å²) in [6, 6.07) is 8.86. The molecule has 1 aliphatic heterocycles. The van der Waals surface area contributed by atoms with Crippen LogP contribution in [0.1, 0.15) is 5.56 Å². The van der Waals surface area contributed by atoms with Crippen molar-refractivity contribution in [3.05, 3.63) is 54.1 Å². The third kappa shape index (κ3) is 6.20. The molecule has 0 saturated carbocycles. The molecule has 1 fully saturated rings. The van der Waals surface area contributed by atoms with E-state index >= 15 is 0 Å². The lowest BCUT2D eigenvalue weighted by molar-refractivity contribution is -0.291. The van der Waals surface area contributed by atoms with Gasteiger partial charge in [-0.15, -0.1) is 0 Å². The number of hydrogen-bond acceptors (Lipinski definition) is 10. The highest BCUT2D eigenvalue weighted by Gasteiger charge is 2.46. The van der Waals surface area contributed by atoms with Crippen LogP contribution in [0.3, 0.4) is 0 Å². The van der Waals surface area contributed by atoms with Gasteiger partial charge in [0.2, 0.25) is 6.29 Å². The van der Waals surface area contributed by atoms with Gasteiger partial charge in [-0.1, -0.05) is 36.9 Å². The molecule has 1 heterocycles. The van der Waals surface area contributed by atoms with E-state index < -0.39 is 67.5 Å². The molecule has 1 aliphatic rings. The zero-order valence-corrected chi connectivity index (χ0v) is 15.9. The first-order valence-electron chi connectivity index (χ1n) is 9.02. The van der Waals surface area contributed by atoms with Crippen molar-refractivity contribution in [1.82, 2.24) is 0 Å². The van der Waals surface area contributed by atoms with Gasteiger partial charge in [-0.25, -0.2) is 9.59 Å². The molecule has 1 unspecified atom stereocenters. The van der Waals surface area contributed by atoms with Crippen LogP contribution >= 0.6 is 0 Å². The second kappa shape index (κ2) is 11.0. The summed E-state index contributed by atoms with van der Waals surface area (Å²) in [5, 5.41) is 48.2. The molecule has 164 valence electrons. The summed E-state index contributed by atoms with van der Waals surface area (Å²) in [5.74, 6) is -1.94. The van der Waals surface area contributed by atoms with Gasteiger partial charge in [0.15, 0.2) is 0 Å². The topological polar surface area (TPSA) is 163 Å². The summed E-state index contributed by atoms with van der Waals surface area (Å²) in [5.41, 5.74) is 0.308. The van der Waals surface area contributed by atoms with Crippen LogP contribution in [0.15, 0.2) is 48.6 Å². The molecule has 0 amide bonds. The van der Waals surface area contributed by atoms with Gasteiger partial charge in [-0.2, -0.15) is 0 Å². The Morgan fingerprint density at radius 2 is 1.80 bits per heavy atom. The molecular weight excluding hydrogens is 400 g/mol. The van der Waals surface area contributed by atoms with Crippen molar-refractivity contribution in [3.63, 3.8) is 0 Å². The van der Waals surface area contributed by atoms with Crippen molar-refractivity contribution in [2.24, 2.45) is 0 Å². The maximum Gasteiger partial charge on any atom is 0.336 e. The minimum atomic E-state index is -1.75. The van der Waals surface area contributed by atoms with Crippen molar-refractivity contribution in [1.29, 1.82) is 0 Å². The molecule has 10 nitrogen and oxygen atoms in total. The molecule has 6 atom stereocenters. The highest BCUT2D eigenvalue weighted by molar-refractivity contribution is 5.88. The van der Waals surface area contributed by atoms with E-state index in [-0.39, 0.29) is 0 Å². The molecule has 1 aromatic carbocycles. The standard InChI is InChI=1S/C20H24O10/c1-11(13(22)9-21)19(27)28-10-14-16(24)17(25)18(26)20(29-14)30-15(23)8-7-12-5-3-2-4-6-12/h2-8,13-14,16-18,20-22,24-26H,1,9-10H2/b8-7+/t13?,14-,16-,17+,18-,20+/m1/s1. The molecule has 0 aliphatic carbocycles. The predicted octanol–water partition coefficient (Wildman–Crippen LogP) is -1.50. The maximum absolute atomic E-state index is 12.0. The van der Waals surface area contributed by atoms with Gasteiger partial charge in [0.1, 0.15) is 37.1 Å². The fourth-order valence-corrected chi connectivity index (χ4v) is 2.53. The Kier molecular flexibility index (Phi) is 8.66. The predicted molar refractivity (Wildman–Crippen MR) is 101 cm³/mol. The van der Waals surface area contributed by atoms with E-state index in [2.05, 4.69) is 6.58 Å². The van der Waals surface area contributed by atoms with Crippen molar-refractivity contribution in [2.45, 2.75) is 36.8 Å². The zero-order valence-electron chi connectivity index (χ0n) is 15.9. The highest BCUT2D eigenvalue weighted by Crippen LogP contribution is 2.23. The van der Waals surface area contributed by atoms with Crippen LogP contribution in [0.25, 0.3) is 6.08 Å². The Hall–Kier alpha value is -2.60. The summed E-state index contributed by atoms with van der Waals surface area (Å²) in [7, 11) is 0. The van der Waals surface area contributed by atoms with Gasteiger partial charge in [0, 0.05) is 6.08 Å². The van der Waals surface area contributed by atoms with Crippen LogP contribution in [0.4, 0.5) is 0 Å². The summed E-state index contributed by atoms with van der Waals surface area (Å²) >= 11 is 0. The van der Waals surface area contributed by atoms with Gasteiger partial charge in [-0.05, 0) is 11.6 Å². The van der Waals surface area contributed by atoms with Crippen LogP contribution in [0, 0.1) is 0 Å². The van der Waals surface area contributed by atoms with Gasteiger partial charge in [0.25, 0.3) is 0 Å². The average molecular weight is 424 g/mol. The molecule has 0 radical (unpaired) electrons. The van der Waals surface area contributed by atoms with Gasteiger partial charge in [-0.3, -0.25) is 0 Å². The Morgan fingerprint density at radius 1 is 1.13 bits per heavy atom. The van der Waals surface area contributed by atoms with E-state index in [0.717, 1.165) is 11.6 Å². The first kappa shape index (κ1) is 23.7. The molecule has 5 N–H and O–H groups in total. The third-order valence-electron chi connectivity index (χ3n) is 4.33. The lowest BCUT2D eigenvalue weighted by Crippen LogP contribution is -2.59. The Morgan fingerprint density at radius 3 is 2.43 bits per heavy atom. The molecule has 2 rings (SSSR count). The number of benzene rings is 1. The highest BCUT2D eigenvalue weighted by atomic mass is 16.7. The fraction of sp³-hybridized carbons (Fsp3) is 0.400. The monoisotopic (exact) mass is 424 g/mol. The zero-order chi connectivity index (χ0) is 22.3. The molecule has 1 saturated heterocycles. The van der Waals surface area contributed by atoms with Crippen LogP contribution < -0.4 is 0 Å². The fourth-order valence-electron chi connectivity index (χ4n) is 2.53. The van der Waals surface area contributed by atoms with Crippen molar-refractivity contribution in [3.8, 4) is 0 Å². The first-order chi connectivity index (χ1) is 14.2. The van der Waals surface area contributed by atoms with Crippen LogP contribution in [0.2, 0.25) is 0 Å². The SMILES string of the molecule is C=C(C(=O)OC[C@H]1O[C@@H](OC(=O)/C=C/c2ccccc2)[C@H](O)[C@@H](O)[C@@H]1O)C(O)CO. The number of hydrogen-bond donors (Lipinski definition) is 5. The molecule has 0 bridgehead atoms.